The second-order valence-electron chi connectivity index (χ2n) is 9.30. The lowest BCUT2D eigenvalue weighted by Gasteiger charge is -2.09. The van der Waals surface area contributed by atoms with Crippen LogP contribution in [0.3, 0.4) is 0 Å². The zero-order valence-electron chi connectivity index (χ0n) is 19.0. The Morgan fingerprint density at radius 1 is 0.647 bits per heavy atom. The topological polar surface area (TPSA) is 21.4 Å². The van der Waals surface area contributed by atoms with Crippen molar-refractivity contribution in [3.8, 4) is 0 Å². The third-order valence-corrected chi connectivity index (χ3v) is 7.50. The number of hydrogen-bond acceptors (Lipinski definition) is 1. The number of nitrogens with zero attached hydrogens (tertiary/aromatic N) is 2. The van der Waals surface area contributed by atoms with Gasteiger partial charge >= 0.3 is 0 Å². The fourth-order valence-electron chi connectivity index (χ4n) is 6.10. The van der Waals surface area contributed by atoms with Gasteiger partial charge in [0.1, 0.15) is 16.7 Å². The maximum absolute atomic E-state index is 6.49. The number of imidazole rings is 1. The number of pyridine rings is 1. The van der Waals surface area contributed by atoms with Crippen molar-refractivity contribution in [3.63, 3.8) is 0 Å². The van der Waals surface area contributed by atoms with Crippen LogP contribution >= 0.6 is 0 Å². The molecule has 3 heterocycles. The summed E-state index contributed by atoms with van der Waals surface area (Å²) in [5.41, 5.74) is 7.98. The summed E-state index contributed by atoms with van der Waals surface area (Å²) in [5.74, 6) is 0. The van der Waals surface area contributed by atoms with Gasteiger partial charge in [0.05, 0.1) is 12.4 Å². The van der Waals surface area contributed by atoms with Crippen LogP contribution in [-0.4, -0.2) is 4.40 Å². The normalized spacial score (nSPS) is 12.4. The standard InChI is InChI=1S/C31H21N2O/c1-18-17-26-30(28-20-10-4-3-9-19(20)15-16-25(28)34-26)29-21-11-5-6-12-22(21)33-24-14-8-7-13-23(24)32(2)31(33)27(18)29/h3-17H,1-2H3/q+1. The minimum atomic E-state index is 0.939. The lowest BCUT2D eigenvalue weighted by atomic mass is 9.95. The number of benzene rings is 5. The molecule has 3 nitrogen and oxygen atoms in total. The van der Waals surface area contributed by atoms with Crippen LogP contribution in [0.25, 0.3) is 71.1 Å². The zero-order valence-corrected chi connectivity index (χ0v) is 19.0. The minimum absolute atomic E-state index is 0.939. The molecule has 0 bridgehead atoms. The van der Waals surface area contributed by atoms with Gasteiger partial charge in [0.15, 0.2) is 11.0 Å². The van der Waals surface area contributed by atoms with E-state index < -0.39 is 0 Å². The van der Waals surface area contributed by atoms with E-state index in [2.05, 4.69) is 114 Å². The van der Waals surface area contributed by atoms with E-state index in [9.17, 15) is 0 Å². The van der Waals surface area contributed by atoms with E-state index >= 15 is 0 Å². The largest absolute Gasteiger partial charge is 0.456 e. The molecule has 8 rings (SSSR count). The maximum atomic E-state index is 6.49. The quantitative estimate of drug-likeness (QED) is 0.177. The molecule has 0 fully saturated rings. The molecule has 0 aliphatic carbocycles. The first-order valence-corrected chi connectivity index (χ1v) is 11.7. The summed E-state index contributed by atoms with van der Waals surface area (Å²) in [6.07, 6.45) is 0. The predicted octanol–water partition coefficient (Wildman–Crippen LogP) is 7.58. The van der Waals surface area contributed by atoms with E-state index in [-0.39, 0.29) is 0 Å². The molecule has 0 saturated heterocycles. The fraction of sp³-hybridized carbons (Fsp3) is 0.0645. The first kappa shape index (κ1) is 18.1. The molecule has 160 valence electrons. The summed E-state index contributed by atoms with van der Waals surface area (Å²) in [5, 5.41) is 8.67. The summed E-state index contributed by atoms with van der Waals surface area (Å²) >= 11 is 0. The molecule has 5 aromatic carbocycles. The third-order valence-electron chi connectivity index (χ3n) is 7.50. The number of aromatic nitrogens is 2. The van der Waals surface area contributed by atoms with E-state index in [1.807, 2.05) is 0 Å². The van der Waals surface area contributed by atoms with Gasteiger partial charge in [-0.3, -0.25) is 0 Å². The molecular formula is C31H21N2O+. The summed E-state index contributed by atoms with van der Waals surface area (Å²) in [6.45, 7) is 2.21. The van der Waals surface area contributed by atoms with Gasteiger partial charge in [-0.2, -0.15) is 4.40 Å². The van der Waals surface area contributed by atoms with Gasteiger partial charge in [0, 0.05) is 21.5 Å². The van der Waals surface area contributed by atoms with Crippen LogP contribution in [0.2, 0.25) is 0 Å². The zero-order chi connectivity index (χ0) is 22.6. The van der Waals surface area contributed by atoms with Crippen molar-refractivity contribution in [2.75, 3.05) is 0 Å². The van der Waals surface area contributed by atoms with Crippen molar-refractivity contribution in [3.05, 3.63) is 96.6 Å². The summed E-state index contributed by atoms with van der Waals surface area (Å²) < 4.78 is 11.2. The number of furan rings is 1. The van der Waals surface area contributed by atoms with Crippen molar-refractivity contribution in [2.24, 2.45) is 7.05 Å². The highest BCUT2D eigenvalue weighted by molar-refractivity contribution is 6.33. The highest BCUT2D eigenvalue weighted by atomic mass is 16.3. The van der Waals surface area contributed by atoms with Crippen molar-refractivity contribution in [1.82, 2.24) is 4.40 Å². The van der Waals surface area contributed by atoms with E-state index in [4.69, 9.17) is 4.42 Å². The molecule has 3 heteroatoms. The van der Waals surface area contributed by atoms with Crippen molar-refractivity contribution < 1.29 is 8.98 Å². The lowest BCUT2D eigenvalue weighted by molar-refractivity contribution is -0.617. The first-order valence-electron chi connectivity index (χ1n) is 11.7. The van der Waals surface area contributed by atoms with Crippen LogP contribution in [0, 0.1) is 6.92 Å². The predicted molar refractivity (Wildman–Crippen MR) is 141 cm³/mol. The average Bonchev–Trinajstić information content (AvgIpc) is 3.39. The Balaban J connectivity index is 1.81. The minimum Gasteiger partial charge on any atom is -0.456 e. The molecule has 0 N–H and O–H groups in total. The molecule has 0 radical (unpaired) electrons. The Morgan fingerprint density at radius 3 is 2.26 bits per heavy atom. The Morgan fingerprint density at radius 2 is 1.38 bits per heavy atom. The smallest absolute Gasteiger partial charge is 0.295 e. The van der Waals surface area contributed by atoms with Gasteiger partial charge < -0.3 is 4.42 Å². The second-order valence-corrected chi connectivity index (χ2v) is 9.30. The van der Waals surface area contributed by atoms with E-state index in [1.165, 1.54) is 65.5 Å². The summed E-state index contributed by atoms with van der Waals surface area (Å²) in [6, 6.07) is 32.6. The summed E-state index contributed by atoms with van der Waals surface area (Å²) in [4.78, 5) is 0. The molecule has 0 aliphatic heterocycles. The third kappa shape index (κ3) is 2.06. The molecule has 8 aromatic rings. The lowest BCUT2D eigenvalue weighted by Crippen LogP contribution is -2.27. The molecule has 0 spiro atoms. The van der Waals surface area contributed by atoms with Gasteiger partial charge in [-0.1, -0.05) is 60.7 Å². The molecule has 0 aliphatic rings. The molecule has 3 aromatic heterocycles. The molecular weight excluding hydrogens is 416 g/mol. The number of fused-ring (bicyclic) bond motifs is 14. The highest BCUT2D eigenvalue weighted by Gasteiger charge is 2.27. The number of rotatable bonds is 0. The van der Waals surface area contributed by atoms with E-state index in [0.717, 1.165) is 11.2 Å². The average molecular weight is 438 g/mol. The van der Waals surface area contributed by atoms with Gasteiger partial charge in [0.25, 0.3) is 5.65 Å². The van der Waals surface area contributed by atoms with Crippen molar-refractivity contribution >= 4 is 71.1 Å². The van der Waals surface area contributed by atoms with Crippen LogP contribution in [-0.2, 0) is 7.05 Å². The number of para-hydroxylation sites is 3. The highest BCUT2D eigenvalue weighted by Crippen LogP contribution is 2.43. The number of hydrogen-bond donors (Lipinski definition) is 0. The molecule has 0 atom stereocenters. The van der Waals surface area contributed by atoms with Crippen LogP contribution < -0.4 is 4.57 Å². The first-order chi connectivity index (χ1) is 16.7. The molecule has 0 amide bonds. The van der Waals surface area contributed by atoms with Gasteiger partial charge in [-0.15, -0.1) is 0 Å². The van der Waals surface area contributed by atoms with Crippen LogP contribution in [0.1, 0.15) is 5.56 Å². The Bertz CT molecular complexity index is 2140. The Kier molecular flexibility index (Phi) is 3.27. The van der Waals surface area contributed by atoms with Crippen molar-refractivity contribution in [2.45, 2.75) is 6.92 Å². The SMILES string of the molecule is Cc1cc2oc3ccc4ccccc4c3c2c2c3ccccc3n3c4ccccc4[n+](C)c3c12. The Hall–Kier alpha value is -4.37. The van der Waals surface area contributed by atoms with Crippen LogP contribution in [0.4, 0.5) is 0 Å². The van der Waals surface area contributed by atoms with Gasteiger partial charge in [0.2, 0.25) is 0 Å². The van der Waals surface area contributed by atoms with Crippen molar-refractivity contribution in [1.29, 1.82) is 0 Å². The second kappa shape index (κ2) is 6.15. The van der Waals surface area contributed by atoms with Crippen LogP contribution in [0.5, 0.6) is 0 Å². The Labute approximate surface area is 195 Å². The number of aryl methyl sites for hydroxylation is 2. The summed E-state index contributed by atoms with van der Waals surface area (Å²) in [7, 11) is 2.18. The van der Waals surface area contributed by atoms with Crippen LogP contribution in [0.15, 0.2) is 95.4 Å². The maximum Gasteiger partial charge on any atom is 0.295 e. The van der Waals surface area contributed by atoms with E-state index in [0.29, 0.717) is 0 Å². The monoisotopic (exact) mass is 437 g/mol. The van der Waals surface area contributed by atoms with E-state index in [1.54, 1.807) is 0 Å². The van der Waals surface area contributed by atoms with Gasteiger partial charge in [-0.25, -0.2) is 4.57 Å². The molecule has 0 unspecified atom stereocenters. The molecule has 0 saturated carbocycles. The van der Waals surface area contributed by atoms with Gasteiger partial charge in [-0.05, 0) is 53.6 Å². The fourth-order valence-corrected chi connectivity index (χ4v) is 6.10. The molecule has 34 heavy (non-hydrogen) atoms.